The molecule has 0 amide bonds. The second-order valence-corrected chi connectivity index (χ2v) is 13.1. The molecule has 0 spiro atoms. The van der Waals surface area contributed by atoms with Crippen molar-refractivity contribution in [3.8, 4) is 39.9 Å². The molecule has 4 nitrogen and oxygen atoms in total. The Morgan fingerprint density at radius 3 is 1.62 bits per heavy atom. The Bertz CT molecular complexity index is 2780. The summed E-state index contributed by atoms with van der Waals surface area (Å²) in [6.45, 7) is 0. The monoisotopic (exact) mass is 630 g/mol. The average Bonchev–Trinajstić information content (AvgIpc) is 3.72. The van der Waals surface area contributed by atoms with Crippen molar-refractivity contribution in [3.05, 3.63) is 158 Å². The van der Waals surface area contributed by atoms with Crippen LogP contribution in [0.1, 0.15) is 0 Å². The summed E-state index contributed by atoms with van der Waals surface area (Å²) in [5.74, 6) is 1.95. The van der Waals surface area contributed by atoms with Crippen LogP contribution in [0.2, 0.25) is 0 Å². The average molecular weight is 631 g/mol. The fourth-order valence-electron chi connectivity index (χ4n) is 7.04. The number of benzene rings is 7. The minimum Gasteiger partial charge on any atom is -0.309 e. The molecule has 0 aliphatic rings. The number of thiophene rings is 1. The number of hydrogen-bond acceptors (Lipinski definition) is 4. The molecule has 0 atom stereocenters. The Morgan fingerprint density at radius 2 is 0.917 bits per heavy atom. The lowest BCUT2D eigenvalue weighted by molar-refractivity contribution is 1.07. The van der Waals surface area contributed by atoms with Gasteiger partial charge in [0.2, 0.25) is 0 Å². The highest BCUT2D eigenvalue weighted by molar-refractivity contribution is 7.26. The Hall–Kier alpha value is -6.17. The second-order valence-electron chi connectivity index (χ2n) is 12.0. The quantitative estimate of drug-likeness (QED) is 0.194. The highest BCUT2D eigenvalue weighted by Gasteiger charge is 2.18. The predicted molar refractivity (Wildman–Crippen MR) is 201 cm³/mol. The summed E-state index contributed by atoms with van der Waals surface area (Å²) in [5.41, 5.74) is 6.27. The van der Waals surface area contributed by atoms with Crippen LogP contribution in [-0.2, 0) is 0 Å². The summed E-state index contributed by atoms with van der Waals surface area (Å²) in [6, 6.07) is 55.5. The number of nitrogens with zero attached hydrogens (tertiary/aromatic N) is 4. The lowest BCUT2D eigenvalue weighted by Gasteiger charge is -2.13. The van der Waals surface area contributed by atoms with Crippen LogP contribution in [-0.4, -0.2) is 19.5 Å². The third kappa shape index (κ3) is 4.18. The Balaban J connectivity index is 1.23. The fourth-order valence-corrected chi connectivity index (χ4v) is 8.27. The van der Waals surface area contributed by atoms with E-state index in [-0.39, 0.29) is 0 Å². The molecule has 0 fully saturated rings. The topological polar surface area (TPSA) is 43.6 Å². The maximum atomic E-state index is 5.02. The van der Waals surface area contributed by atoms with E-state index in [9.17, 15) is 0 Å². The van der Waals surface area contributed by atoms with Gasteiger partial charge in [-0.05, 0) is 24.3 Å². The maximum Gasteiger partial charge on any atom is 0.164 e. The van der Waals surface area contributed by atoms with Gasteiger partial charge in [0, 0.05) is 64.1 Å². The lowest BCUT2D eigenvalue weighted by Crippen LogP contribution is -2.01. The summed E-state index contributed by atoms with van der Waals surface area (Å²) in [7, 11) is 0. The number of hydrogen-bond donors (Lipinski definition) is 0. The molecule has 10 aromatic rings. The molecule has 0 saturated heterocycles. The molecule has 0 saturated carbocycles. The first-order valence-corrected chi connectivity index (χ1v) is 16.9. The lowest BCUT2D eigenvalue weighted by atomic mass is 10.0. The molecule has 3 aromatic heterocycles. The number of rotatable bonds is 4. The number of aromatic nitrogens is 4. The molecule has 10 rings (SSSR count). The van der Waals surface area contributed by atoms with E-state index in [1.165, 1.54) is 52.8 Å². The van der Waals surface area contributed by atoms with Crippen molar-refractivity contribution >= 4 is 64.1 Å². The normalized spacial score (nSPS) is 11.8. The van der Waals surface area contributed by atoms with Gasteiger partial charge in [-0.15, -0.1) is 11.3 Å². The Labute approximate surface area is 280 Å². The summed E-state index contributed by atoms with van der Waals surface area (Å²) in [5, 5.41) is 7.61. The van der Waals surface area contributed by atoms with Crippen molar-refractivity contribution in [3.63, 3.8) is 0 Å². The molecule has 0 bridgehead atoms. The van der Waals surface area contributed by atoms with Crippen molar-refractivity contribution in [2.75, 3.05) is 0 Å². The molecule has 0 N–H and O–H groups in total. The molecule has 224 valence electrons. The van der Waals surface area contributed by atoms with Gasteiger partial charge in [-0.2, -0.15) is 0 Å². The smallest absolute Gasteiger partial charge is 0.164 e. The van der Waals surface area contributed by atoms with Crippen molar-refractivity contribution in [2.45, 2.75) is 0 Å². The van der Waals surface area contributed by atoms with E-state index in [4.69, 9.17) is 15.0 Å². The highest BCUT2D eigenvalue weighted by atomic mass is 32.1. The minimum absolute atomic E-state index is 0.641. The zero-order chi connectivity index (χ0) is 31.6. The van der Waals surface area contributed by atoms with Gasteiger partial charge in [0.15, 0.2) is 17.5 Å². The van der Waals surface area contributed by atoms with Crippen LogP contribution in [0.15, 0.2) is 158 Å². The van der Waals surface area contributed by atoms with Crippen molar-refractivity contribution in [2.24, 2.45) is 0 Å². The van der Waals surface area contributed by atoms with Gasteiger partial charge in [0.25, 0.3) is 0 Å². The van der Waals surface area contributed by atoms with E-state index in [1.54, 1.807) is 0 Å². The second kappa shape index (κ2) is 10.7. The largest absolute Gasteiger partial charge is 0.309 e. The highest BCUT2D eigenvalue weighted by Crippen LogP contribution is 2.43. The van der Waals surface area contributed by atoms with Crippen LogP contribution in [0, 0.1) is 0 Å². The van der Waals surface area contributed by atoms with Gasteiger partial charge in [0.05, 0.1) is 11.0 Å². The van der Waals surface area contributed by atoms with E-state index in [0.29, 0.717) is 17.5 Å². The van der Waals surface area contributed by atoms with Crippen molar-refractivity contribution < 1.29 is 0 Å². The fraction of sp³-hybridized carbons (Fsp3) is 0. The molecule has 48 heavy (non-hydrogen) atoms. The standard InChI is InChI=1S/C43H26N4S/c1-3-12-27(13-4-1)41-44-42(28-14-5-2-6-15-28)46-43(45-41)29-16-11-17-30(26-29)47-37-20-9-7-18-31(37)33-22-25-36-34(39(33)47)23-24-35-32-19-8-10-21-38(32)48-40(35)36/h1-26H. The third-order valence-electron chi connectivity index (χ3n) is 9.23. The maximum absolute atomic E-state index is 5.02. The molecule has 0 aliphatic heterocycles. The number of fused-ring (bicyclic) bond motifs is 9. The van der Waals surface area contributed by atoms with Gasteiger partial charge in [0.1, 0.15) is 0 Å². The van der Waals surface area contributed by atoms with Gasteiger partial charge >= 0.3 is 0 Å². The summed E-state index contributed by atoms with van der Waals surface area (Å²) in [6.07, 6.45) is 0. The molecule has 7 aromatic carbocycles. The van der Waals surface area contributed by atoms with E-state index in [2.05, 4.69) is 102 Å². The first-order valence-electron chi connectivity index (χ1n) is 16.0. The van der Waals surface area contributed by atoms with Crippen LogP contribution in [0.5, 0.6) is 0 Å². The van der Waals surface area contributed by atoms with E-state index < -0.39 is 0 Å². The van der Waals surface area contributed by atoms with Crippen LogP contribution in [0.25, 0.3) is 92.6 Å². The van der Waals surface area contributed by atoms with Gasteiger partial charge in [-0.1, -0.05) is 133 Å². The van der Waals surface area contributed by atoms with Crippen LogP contribution < -0.4 is 0 Å². The first kappa shape index (κ1) is 27.0. The molecule has 0 aliphatic carbocycles. The Kier molecular flexibility index (Phi) is 6.01. The zero-order valence-corrected chi connectivity index (χ0v) is 26.5. The van der Waals surface area contributed by atoms with Crippen molar-refractivity contribution in [1.82, 2.24) is 19.5 Å². The molecular formula is C43H26N4S. The van der Waals surface area contributed by atoms with E-state index >= 15 is 0 Å². The van der Waals surface area contributed by atoms with Gasteiger partial charge in [-0.3, -0.25) is 0 Å². The molecule has 0 radical (unpaired) electrons. The molecule has 0 unspecified atom stereocenters. The van der Waals surface area contributed by atoms with Gasteiger partial charge < -0.3 is 4.57 Å². The summed E-state index contributed by atoms with van der Waals surface area (Å²) < 4.78 is 5.05. The predicted octanol–water partition coefficient (Wildman–Crippen LogP) is 11.5. The molecule has 5 heteroatoms. The van der Waals surface area contributed by atoms with Crippen LogP contribution >= 0.6 is 11.3 Å². The first-order chi connectivity index (χ1) is 23.8. The van der Waals surface area contributed by atoms with E-state index in [1.807, 2.05) is 72.0 Å². The third-order valence-corrected chi connectivity index (χ3v) is 10.5. The Morgan fingerprint density at radius 1 is 0.396 bits per heavy atom. The van der Waals surface area contributed by atoms with Crippen LogP contribution in [0.4, 0.5) is 0 Å². The van der Waals surface area contributed by atoms with E-state index in [0.717, 1.165) is 22.4 Å². The molecule has 3 heterocycles. The summed E-state index contributed by atoms with van der Waals surface area (Å²) in [4.78, 5) is 14.9. The SMILES string of the molecule is c1ccc(-c2nc(-c3ccccc3)nc(-c3cccc(-n4c5ccccc5c5ccc6c(ccc7c8ccccc8sc76)c54)c3)n2)cc1. The van der Waals surface area contributed by atoms with Crippen LogP contribution in [0.3, 0.4) is 0 Å². The summed E-state index contributed by atoms with van der Waals surface area (Å²) >= 11 is 1.88. The van der Waals surface area contributed by atoms with Gasteiger partial charge in [-0.25, -0.2) is 15.0 Å². The minimum atomic E-state index is 0.641. The zero-order valence-electron chi connectivity index (χ0n) is 25.7. The molecular weight excluding hydrogens is 605 g/mol. The van der Waals surface area contributed by atoms with Crippen molar-refractivity contribution in [1.29, 1.82) is 0 Å². The number of para-hydroxylation sites is 1.